The first-order valence-corrected chi connectivity index (χ1v) is 13.3. The molecule has 0 fully saturated rings. The van der Waals surface area contributed by atoms with E-state index in [0.29, 0.717) is 51.5 Å². The molecule has 0 saturated heterocycles. The van der Waals surface area contributed by atoms with Crippen LogP contribution in [0.1, 0.15) is 47.9 Å². The Morgan fingerprint density at radius 1 is 0.707 bits per heavy atom. The molecule has 3 N–H and O–H groups in total. The van der Waals surface area contributed by atoms with E-state index in [2.05, 4.69) is 0 Å². The molecule has 1 heterocycles. The van der Waals surface area contributed by atoms with Crippen LogP contribution in [0.4, 0.5) is 0 Å². The molecule has 0 unspecified atom stereocenters. The number of carbonyl (C=O) groups excluding carboxylic acids is 1. The monoisotopic (exact) mass is 561 g/mol. The Hall–Kier alpha value is -4.63. The maximum absolute atomic E-state index is 12.3. The zero-order valence-electron chi connectivity index (χ0n) is 23.4. The van der Waals surface area contributed by atoms with Crippen LogP contribution in [0, 0.1) is 0 Å². The van der Waals surface area contributed by atoms with E-state index in [-0.39, 0.29) is 18.2 Å². The summed E-state index contributed by atoms with van der Waals surface area (Å²) in [5, 5.41) is 31.6. The van der Waals surface area contributed by atoms with Crippen molar-refractivity contribution in [2.24, 2.45) is 0 Å². The Kier molecular flexibility index (Phi) is 9.41. The summed E-state index contributed by atoms with van der Waals surface area (Å²) in [7, 11) is 4.81. The molecule has 0 atom stereocenters. The second-order valence-electron chi connectivity index (χ2n) is 9.56. The summed E-state index contributed by atoms with van der Waals surface area (Å²) in [5.74, 6) is 0.812. The van der Waals surface area contributed by atoms with Gasteiger partial charge in [-0.15, -0.1) is 4.73 Å². The summed E-state index contributed by atoms with van der Waals surface area (Å²) in [6.07, 6.45) is 2.84. The fraction of sp³-hybridized carbons (Fsp3) is 0.281. The van der Waals surface area contributed by atoms with Crippen molar-refractivity contribution in [2.75, 3.05) is 21.3 Å². The largest absolute Gasteiger partial charge is 0.497 e. The highest BCUT2D eigenvalue weighted by Crippen LogP contribution is 2.40. The fourth-order valence-electron chi connectivity index (χ4n) is 4.77. The molecule has 0 aliphatic heterocycles. The van der Waals surface area contributed by atoms with Crippen molar-refractivity contribution in [1.29, 1.82) is 0 Å². The van der Waals surface area contributed by atoms with Gasteiger partial charge in [-0.1, -0.05) is 36.8 Å². The minimum absolute atomic E-state index is 0.128. The molecule has 9 nitrogen and oxygen atoms in total. The highest BCUT2D eigenvalue weighted by atomic mass is 16.7. The topological polar surface area (TPSA) is 120 Å². The summed E-state index contributed by atoms with van der Waals surface area (Å²) in [6, 6.07) is 22.8. The van der Waals surface area contributed by atoms with E-state index >= 15 is 0 Å². The SMILES string of the molecule is COc1ccc(C(O)(c2ccc(OC)cc2)c2ccc(OC)c(CCCCCC(=O)On3c(O)ccc3O)c2)cc1. The third kappa shape index (κ3) is 6.58. The molecular formula is C32H35NO8. The minimum Gasteiger partial charge on any atom is -0.497 e. The van der Waals surface area contributed by atoms with Crippen molar-refractivity contribution in [3.05, 3.63) is 101 Å². The number of unbranched alkanes of at least 4 members (excludes halogenated alkanes) is 2. The van der Waals surface area contributed by atoms with Gasteiger partial charge in [-0.3, -0.25) is 0 Å². The first-order valence-electron chi connectivity index (χ1n) is 13.3. The van der Waals surface area contributed by atoms with Gasteiger partial charge in [-0.2, -0.15) is 0 Å². The van der Waals surface area contributed by atoms with Gasteiger partial charge in [0.1, 0.15) is 22.8 Å². The van der Waals surface area contributed by atoms with Crippen LogP contribution in [0.25, 0.3) is 0 Å². The summed E-state index contributed by atoms with van der Waals surface area (Å²) in [5.41, 5.74) is 1.50. The van der Waals surface area contributed by atoms with Gasteiger partial charge in [0, 0.05) is 18.6 Å². The summed E-state index contributed by atoms with van der Waals surface area (Å²) in [4.78, 5) is 17.1. The Labute approximate surface area is 239 Å². The molecule has 0 amide bonds. The number of aromatic hydroxyl groups is 2. The van der Waals surface area contributed by atoms with Crippen molar-refractivity contribution in [3.63, 3.8) is 0 Å². The molecule has 9 heteroatoms. The third-order valence-electron chi connectivity index (χ3n) is 7.03. The Morgan fingerprint density at radius 3 is 1.76 bits per heavy atom. The smallest absolute Gasteiger partial charge is 0.333 e. The maximum atomic E-state index is 12.3. The average Bonchev–Trinajstić information content (AvgIpc) is 3.32. The average molecular weight is 562 g/mol. The van der Waals surface area contributed by atoms with Crippen LogP contribution in [0.15, 0.2) is 78.9 Å². The molecule has 4 aromatic rings. The first-order chi connectivity index (χ1) is 19.8. The number of methoxy groups -OCH3 is 3. The van der Waals surface area contributed by atoms with Gasteiger partial charge in [0.15, 0.2) is 0 Å². The number of nitrogens with zero attached hydrogens (tertiary/aromatic N) is 1. The number of aryl methyl sites for hydroxylation is 1. The van der Waals surface area contributed by atoms with Crippen molar-refractivity contribution >= 4 is 5.97 Å². The molecule has 0 aliphatic rings. The van der Waals surface area contributed by atoms with Crippen LogP contribution >= 0.6 is 0 Å². The number of benzene rings is 3. The van der Waals surface area contributed by atoms with Gasteiger partial charge in [-0.05, 0) is 77.9 Å². The van der Waals surface area contributed by atoms with Crippen LogP contribution in [0.2, 0.25) is 0 Å². The predicted molar refractivity (Wildman–Crippen MR) is 153 cm³/mol. The summed E-state index contributed by atoms with van der Waals surface area (Å²) >= 11 is 0. The van der Waals surface area contributed by atoms with E-state index in [0.717, 1.165) is 18.4 Å². The quantitative estimate of drug-likeness (QED) is 0.155. The lowest BCUT2D eigenvalue weighted by Crippen LogP contribution is -2.29. The van der Waals surface area contributed by atoms with Gasteiger partial charge in [0.05, 0.1) is 21.3 Å². The standard InChI is InChI=1S/C32H35NO8/c1-38-26-14-9-23(10-15-26)32(37,24-11-16-27(39-2)17-12-24)25-13-18-28(40-3)22(21-25)7-5-4-6-8-31(36)41-33-29(34)19-20-30(33)35/h9-21,34-35,37H,4-8H2,1-3H3. The maximum Gasteiger partial charge on any atom is 0.333 e. The molecule has 4 rings (SSSR count). The molecule has 1 aromatic heterocycles. The third-order valence-corrected chi connectivity index (χ3v) is 7.03. The number of aliphatic hydroxyl groups is 1. The van der Waals surface area contributed by atoms with Crippen LogP contribution in [-0.4, -0.2) is 47.3 Å². The van der Waals surface area contributed by atoms with E-state index in [1.54, 1.807) is 21.3 Å². The van der Waals surface area contributed by atoms with E-state index in [1.165, 1.54) is 12.1 Å². The minimum atomic E-state index is -1.46. The zero-order valence-corrected chi connectivity index (χ0v) is 23.4. The van der Waals surface area contributed by atoms with Crippen molar-refractivity contribution in [3.8, 4) is 29.0 Å². The van der Waals surface area contributed by atoms with E-state index in [9.17, 15) is 20.1 Å². The zero-order chi connectivity index (χ0) is 29.4. The molecule has 3 aromatic carbocycles. The van der Waals surface area contributed by atoms with Crippen LogP contribution in [0.3, 0.4) is 0 Å². The number of hydrogen-bond acceptors (Lipinski definition) is 8. The van der Waals surface area contributed by atoms with Gasteiger partial charge >= 0.3 is 5.97 Å². The van der Waals surface area contributed by atoms with Crippen molar-refractivity contribution in [2.45, 2.75) is 37.7 Å². The lowest BCUT2D eigenvalue weighted by Gasteiger charge is -2.31. The number of aromatic nitrogens is 1. The number of ether oxygens (including phenoxy) is 3. The van der Waals surface area contributed by atoms with Crippen molar-refractivity contribution in [1.82, 2.24) is 4.73 Å². The molecule has 41 heavy (non-hydrogen) atoms. The molecule has 0 bridgehead atoms. The number of carbonyl (C=O) groups is 1. The Balaban J connectivity index is 1.51. The van der Waals surface area contributed by atoms with Crippen LogP contribution in [0.5, 0.6) is 29.0 Å². The van der Waals surface area contributed by atoms with Gasteiger partial charge in [-0.25, -0.2) is 4.79 Å². The fourth-order valence-corrected chi connectivity index (χ4v) is 4.77. The molecular weight excluding hydrogens is 526 g/mol. The summed E-state index contributed by atoms with van der Waals surface area (Å²) < 4.78 is 17.0. The van der Waals surface area contributed by atoms with Crippen LogP contribution in [-0.2, 0) is 16.8 Å². The lowest BCUT2D eigenvalue weighted by atomic mass is 9.79. The Morgan fingerprint density at radius 2 is 1.24 bits per heavy atom. The second-order valence-corrected chi connectivity index (χ2v) is 9.56. The van der Waals surface area contributed by atoms with Gasteiger partial charge in [0.25, 0.3) is 0 Å². The van der Waals surface area contributed by atoms with Crippen LogP contribution < -0.4 is 19.0 Å². The van der Waals surface area contributed by atoms with E-state index in [1.807, 2.05) is 66.7 Å². The molecule has 0 spiro atoms. The number of rotatable bonds is 13. The normalized spacial score (nSPS) is 11.2. The highest BCUT2D eigenvalue weighted by Gasteiger charge is 2.34. The molecule has 0 radical (unpaired) electrons. The van der Waals surface area contributed by atoms with Gasteiger partial charge < -0.3 is 34.4 Å². The molecule has 0 aliphatic carbocycles. The van der Waals surface area contributed by atoms with E-state index < -0.39 is 11.6 Å². The van der Waals surface area contributed by atoms with E-state index in [4.69, 9.17) is 19.0 Å². The Bertz CT molecular complexity index is 1380. The number of hydrogen-bond donors (Lipinski definition) is 3. The lowest BCUT2D eigenvalue weighted by molar-refractivity contribution is -0.145. The summed E-state index contributed by atoms with van der Waals surface area (Å²) in [6.45, 7) is 0. The molecule has 0 saturated carbocycles. The second kappa shape index (κ2) is 13.1. The highest BCUT2D eigenvalue weighted by molar-refractivity contribution is 5.69. The predicted octanol–water partition coefficient (Wildman–Crippen LogP) is 4.97. The van der Waals surface area contributed by atoms with Gasteiger partial charge in [0.2, 0.25) is 11.8 Å². The first kappa shape index (κ1) is 29.4. The van der Waals surface area contributed by atoms with Crippen molar-refractivity contribution < 1.29 is 39.2 Å². The molecule has 216 valence electrons.